The zero-order valence-corrected chi connectivity index (χ0v) is 11.3. The molecule has 100 valence electrons. The number of aromatic nitrogens is 2. The molecule has 19 heavy (non-hydrogen) atoms. The van der Waals surface area contributed by atoms with E-state index in [2.05, 4.69) is 29.1 Å². The normalized spacial score (nSPS) is 11.9. The van der Waals surface area contributed by atoms with E-state index >= 15 is 0 Å². The van der Waals surface area contributed by atoms with E-state index < -0.39 is 0 Å². The summed E-state index contributed by atoms with van der Waals surface area (Å²) in [6.07, 6.45) is 6.14. The van der Waals surface area contributed by atoms with Gasteiger partial charge in [-0.3, -0.25) is 9.97 Å². The Kier molecular flexibility index (Phi) is 4.72. The summed E-state index contributed by atoms with van der Waals surface area (Å²) in [4.78, 5) is 8.39. The number of para-hydroxylation sites is 2. The van der Waals surface area contributed by atoms with Gasteiger partial charge in [-0.05, 0) is 25.5 Å². The fourth-order valence-electron chi connectivity index (χ4n) is 1.77. The largest absolute Gasteiger partial charge is 0.491 e. The molecule has 1 aromatic carbocycles. The fraction of sp³-hybridized carbons (Fsp3) is 0.333. The predicted octanol–water partition coefficient (Wildman–Crippen LogP) is 3.44. The van der Waals surface area contributed by atoms with Crippen molar-refractivity contribution in [3.8, 4) is 5.75 Å². The smallest absolute Gasteiger partial charge is 0.142 e. The lowest BCUT2D eigenvalue weighted by atomic mass is 10.2. The second-order valence-electron chi connectivity index (χ2n) is 4.34. The average molecular weight is 257 g/mol. The van der Waals surface area contributed by atoms with Gasteiger partial charge in [0.15, 0.2) is 0 Å². The first-order valence-electron chi connectivity index (χ1n) is 6.55. The van der Waals surface area contributed by atoms with E-state index in [4.69, 9.17) is 4.74 Å². The third-order valence-corrected chi connectivity index (χ3v) is 2.75. The van der Waals surface area contributed by atoms with Crippen LogP contribution in [0.2, 0.25) is 0 Å². The molecule has 0 fully saturated rings. The Morgan fingerprint density at radius 2 is 2.11 bits per heavy atom. The maximum absolute atomic E-state index is 5.72. The van der Waals surface area contributed by atoms with Gasteiger partial charge >= 0.3 is 0 Å². The molecule has 4 nitrogen and oxygen atoms in total. The molecule has 0 amide bonds. The lowest BCUT2D eigenvalue weighted by molar-refractivity contribution is 0.318. The lowest BCUT2D eigenvalue weighted by Crippen LogP contribution is -2.10. The van der Waals surface area contributed by atoms with Crippen molar-refractivity contribution < 1.29 is 4.74 Å². The minimum absolute atomic E-state index is 0.0834. The van der Waals surface area contributed by atoms with Crippen LogP contribution in [0.4, 0.5) is 5.69 Å². The molecule has 4 heteroatoms. The van der Waals surface area contributed by atoms with Gasteiger partial charge < -0.3 is 10.1 Å². The van der Waals surface area contributed by atoms with Crippen LogP contribution < -0.4 is 10.1 Å². The Morgan fingerprint density at radius 1 is 1.26 bits per heavy atom. The monoisotopic (exact) mass is 257 g/mol. The van der Waals surface area contributed by atoms with Crippen molar-refractivity contribution in [1.82, 2.24) is 9.97 Å². The van der Waals surface area contributed by atoms with Crippen LogP contribution >= 0.6 is 0 Å². The van der Waals surface area contributed by atoms with Gasteiger partial charge in [0.1, 0.15) is 5.75 Å². The van der Waals surface area contributed by atoms with E-state index in [0.717, 1.165) is 30.2 Å². The first-order chi connectivity index (χ1) is 9.31. The minimum atomic E-state index is 0.0834. The highest BCUT2D eigenvalue weighted by molar-refractivity contribution is 5.57. The van der Waals surface area contributed by atoms with E-state index in [-0.39, 0.29) is 6.04 Å². The molecular formula is C15H19N3O. The van der Waals surface area contributed by atoms with E-state index in [1.165, 1.54) is 0 Å². The Hall–Kier alpha value is -2.10. The topological polar surface area (TPSA) is 47.0 Å². The number of benzene rings is 1. The van der Waals surface area contributed by atoms with Gasteiger partial charge in [0.2, 0.25) is 0 Å². The highest BCUT2D eigenvalue weighted by Gasteiger charge is 2.09. The van der Waals surface area contributed by atoms with Crippen molar-refractivity contribution in [2.75, 3.05) is 11.9 Å². The van der Waals surface area contributed by atoms with Gasteiger partial charge in [0.25, 0.3) is 0 Å². The molecular weight excluding hydrogens is 238 g/mol. The number of nitrogens with zero attached hydrogens (tertiary/aromatic N) is 2. The summed E-state index contributed by atoms with van der Waals surface area (Å²) in [5.41, 5.74) is 1.89. The summed E-state index contributed by atoms with van der Waals surface area (Å²) in [7, 11) is 0. The van der Waals surface area contributed by atoms with Crippen LogP contribution in [-0.4, -0.2) is 16.6 Å². The van der Waals surface area contributed by atoms with Crippen LogP contribution in [0, 0.1) is 0 Å². The summed E-state index contributed by atoms with van der Waals surface area (Å²) in [6, 6.07) is 8.03. The highest BCUT2D eigenvalue weighted by Crippen LogP contribution is 2.27. The fourth-order valence-corrected chi connectivity index (χ4v) is 1.77. The molecule has 1 heterocycles. The Morgan fingerprint density at radius 3 is 2.84 bits per heavy atom. The van der Waals surface area contributed by atoms with Gasteiger partial charge in [0.05, 0.1) is 30.2 Å². The molecule has 0 bridgehead atoms. The maximum atomic E-state index is 5.72. The third-order valence-electron chi connectivity index (χ3n) is 2.75. The SMILES string of the molecule is CCCOc1ccccc1NC(C)c1cnccn1. The molecule has 1 atom stereocenters. The third kappa shape index (κ3) is 3.68. The van der Waals surface area contributed by atoms with Crippen molar-refractivity contribution in [3.05, 3.63) is 48.5 Å². The Balaban J connectivity index is 2.10. The van der Waals surface area contributed by atoms with Crippen molar-refractivity contribution in [3.63, 3.8) is 0 Å². The van der Waals surface area contributed by atoms with Crippen LogP contribution in [-0.2, 0) is 0 Å². The Bertz CT molecular complexity index is 502. The van der Waals surface area contributed by atoms with E-state index in [9.17, 15) is 0 Å². The van der Waals surface area contributed by atoms with Crippen LogP contribution in [0.3, 0.4) is 0 Å². The number of anilines is 1. The quantitative estimate of drug-likeness (QED) is 0.861. The van der Waals surface area contributed by atoms with Crippen molar-refractivity contribution in [1.29, 1.82) is 0 Å². The van der Waals surface area contributed by atoms with E-state index in [1.54, 1.807) is 18.6 Å². The van der Waals surface area contributed by atoms with Gasteiger partial charge in [-0.15, -0.1) is 0 Å². The summed E-state index contributed by atoms with van der Waals surface area (Å²) >= 11 is 0. The number of hydrogen-bond donors (Lipinski definition) is 1. The number of ether oxygens (including phenoxy) is 1. The average Bonchev–Trinajstić information content (AvgIpc) is 2.47. The summed E-state index contributed by atoms with van der Waals surface area (Å²) in [6.45, 7) is 4.87. The molecule has 1 aromatic heterocycles. The molecule has 1 N–H and O–H groups in total. The molecule has 0 radical (unpaired) electrons. The van der Waals surface area contributed by atoms with Crippen molar-refractivity contribution in [2.24, 2.45) is 0 Å². The summed E-state index contributed by atoms with van der Waals surface area (Å²) in [5.74, 6) is 0.875. The number of rotatable bonds is 6. The molecule has 0 saturated heterocycles. The second kappa shape index (κ2) is 6.73. The lowest BCUT2D eigenvalue weighted by Gasteiger charge is -2.17. The van der Waals surface area contributed by atoms with Gasteiger partial charge in [-0.2, -0.15) is 0 Å². The predicted molar refractivity (Wildman–Crippen MR) is 76.3 cm³/mol. The summed E-state index contributed by atoms with van der Waals surface area (Å²) in [5, 5.41) is 3.41. The molecule has 2 aromatic rings. The zero-order chi connectivity index (χ0) is 13.5. The number of hydrogen-bond acceptors (Lipinski definition) is 4. The number of nitrogens with one attached hydrogen (secondary N) is 1. The first-order valence-corrected chi connectivity index (χ1v) is 6.55. The van der Waals surface area contributed by atoms with E-state index in [0.29, 0.717) is 0 Å². The van der Waals surface area contributed by atoms with Crippen molar-refractivity contribution in [2.45, 2.75) is 26.3 Å². The first kappa shape index (κ1) is 13.3. The van der Waals surface area contributed by atoms with Crippen molar-refractivity contribution >= 4 is 5.69 Å². The van der Waals surface area contributed by atoms with Crippen LogP contribution in [0.25, 0.3) is 0 Å². The van der Waals surface area contributed by atoms with E-state index in [1.807, 2.05) is 24.3 Å². The molecule has 0 aliphatic heterocycles. The molecule has 0 spiro atoms. The second-order valence-corrected chi connectivity index (χ2v) is 4.34. The van der Waals surface area contributed by atoms with Crippen LogP contribution in [0.5, 0.6) is 5.75 Å². The highest BCUT2D eigenvalue weighted by atomic mass is 16.5. The standard InChI is InChI=1S/C15H19N3O/c1-3-10-19-15-7-5-4-6-13(15)18-12(2)14-11-16-8-9-17-14/h4-9,11-12,18H,3,10H2,1-2H3. The van der Waals surface area contributed by atoms with Gasteiger partial charge in [-0.1, -0.05) is 19.1 Å². The molecule has 0 aliphatic rings. The molecule has 2 rings (SSSR count). The minimum Gasteiger partial charge on any atom is -0.491 e. The maximum Gasteiger partial charge on any atom is 0.142 e. The summed E-state index contributed by atoms with van der Waals surface area (Å²) < 4.78 is 5.72. The van der Waals surface area contributed by atoms with Gasteiger partial charge in [0, 0.05) is 12.4 Å². The molecule has 0 aliphatic carbocycles. The van der Waals surface area contributed by atoms with Gasteiger partial charge in [-0.25, -0.2) is 0 Å². The molecule has 0 saturated carbocycles. The Labute approximate surface area is 113 Å². The van der Waals surface area contributed by atoms with Crippen LogP contribution in [0.1, 0.15) is 32.0 Å². The molecule has 1 unspecified atom stereocenters. The zero-order valence-electron chi connectivity index (χ0n) is 11.3. The van der Waals surface area contributed by atoms with Crippen LogP contribution in [0.15, 0.2) is 42.9 Å².